The van der Waals surface area contributed by atoms with Gasteiger partial charge in [-0.05, 0) is 49.7 Å². The number of amides is 2. The minimum absolute atomic E-state index is 0.0450. The van der Waals surface area contributed by atoms with Gasteiger partial charge in [0.05, 0.1) is 6.04 Å². The van der Waals surface area contributed by atoms with Crippen molar-refractivity contribution in [2.24, 2.45) is 5.92 Å². The Morgan fingerprint density at radius 1 is 1.33 bits per heavy atom. The summed E-state index contributed by atoms with van der Waals surface area (Å²) in [6, 6.07) is 4.54. The predicted molar refractivity (Wildman–Crippen MR) is 88.7 cm³/mol. The van der Waals surface area contributed by atoms with E-state index in [4.69, 9.17) is 0 Å². The highest BCUT2D eigenvalue weighted by atomic mass is 32.1. The van der Waals surface area contributed by atoms with Crippen LogP contribution in [0.25, 0.3) is 0 Å². The van der Waals surface area contributed by atoms with Crippen LogP contribution < -0.4 is 10.6 Å². The zero-order valence-corrected chi connectivity index (χ0v) is 13.9. The molecule has 21 heavy (non-hydrogen) atoms. The zero-order chi connectivity index (χ0) is 15.1. The summed E-state index contributed by atoms with van der Waals surface area (Å²) in [5.74, 6) is 0.619. The highest BCUT2D eigenvalue weighted by Crippen LogP contribution is 2.27. The van der Waals surface area contributed by atoms with Crippen LogP contribution in [0.2, 0.25) is 0 Å². The minimum Gasteiger partial charge on any atom is -0.338 e. The van der Waals surface area contributed by atoms with Crippen LogP contribution in [0, 0.1) is 5.92 Å². The Morgan fingerprint density at radius 3 is 2.71 bits per heavy atom. The molecule has 1 aromatic rings. The Morgan fingerprint density at radius 2 is 2.10 bits per heavy atom. The van der Waals surface area contributed by atoms with Crippen molar-refractivity contribution in [3.8, 4) is 0 Å². The summed E-state index contributed by atoms with van der Waals surface area (Å²) >= 11 is 1.78. The number of thiophene rings is 1. The van der Waals surface area contributed by atoms with Crippen molar-refractivity contribution in [2.75, 3.05) is 26.2 Å². The fourth-order valence-corrected chi connectivity index (χ4v) is 3.53. The number of nitrogens with zero attached hydrogens (tertiary/aromatic N) is 1. The Bertz CT molecular complexity index is 413. The SMILES string of the molecule is CC(C)CCNC(=O)NCC(c1cccs1)N1CCCC1. The third-order valence-corrected chi connectivity index (χ3v) is 4.89. The molecule has 1 saturated heterocycles. The van der Waals surface area contributed by atoms with Crippen LogP contribution in [0.3, 0.4) is 0 Å². The van der Waals surface area contributed by atoms with Gasteiger partial charge in [-0.1, -0.05) is 19.9 Å². The van der Waals surface area contributed by atoms with Crippen LogP contribution in [0.4, 0.5) is 4.79 Å². The molecule has 5 heteroatoms. The smallest absolute Gasteiger partial charge is 0.314 e. The number of rotatable bonds is 7. The molecule has 0 aliphatic carbocycles. The van der Waals surface area contributed by atoms with Gasteiger partial charge in [0.25, 0.3) is 0 Å². The standard InChI is InChI=1S/C16H27N3OS/c1-13(2)7-8-17-16(20)18-12-14(15-6-5-11-21-15)19-9-3-4-10-19/h5-6,11,13-14H,3-4,7-10,12H2,1-2H3,(H2,17,18,20). The summed E-state index contributed by atoms with van der Waals surface area (Å²) in [6.45, 7) is 8.04. The molecule has 1 aliphatic heterocycles. The molecule has 0 spiro atoms. The normalized spacial score (nSPS) is 17.1. The van der Waals surface area contributed by atoms with Crippen LogP contribution >= 0.6 is 11.3 Å². The molecule has 1 unspecified atom stereocenters. The van der Waals surface area contributed by atoms with Gasteiger partial charge in [-0.2, -0.15) is 0 Å². The lowest BCUT2D eigenvalue weighted by Gasteiger charge is -2.27. The maximum absolute atomic E-state index is 11.9. The van der Waals surface area contributed by atoms with Crippen LogP contribution in [0.1, 0.15) is 44.0 Å². The van der Waals surface area contributed by atoms with Gasteiger partial charge in [0.15, 0.2) is 0 Å². The molecule has 1 aromatic heterocycles. The van der Waals surface area contributed by atoms with E-state index in [9.17, 15) is 4.79 Å². The van der Waals surface area contributed by atoms with Gasteiger partial charge in [0, 0.05) is 18.0 Å². The van der Waals surface area contributed by atoms with Crippen LogP contribution in [0.5, 0.6) is 0 Å². The number of hydrogen-bond acceptors (Lipinski definition) is 3. The molecule has 2 rings (SSSR count). The topological polar surface area (TPSA) is 44.4 Å². The van der Waals surface area contributed by atoms with Gasteiger partial charge in [-0.3, -0.25) is 4.90 Å². The van der Waals surface area contributed by atoms with Crippen LogP contribution in [-0.2, 0) is 0 Å². The van der Waals surface area contributed by atoms with E-state index in [0.717, 1.165) is 26.1 Å². The number of nitrogens with one attached hydrogen (secondary N) is 2. The molecule has 118 valence electrons. The van der Waals surface area contributed by atoms with Gasteiger partial charge in [-0.15, -0.1) is 11.3 Å². The van der Waals surface area contributed by atoms with Crippen molar-refractivity contribution in [1.29, 1.82) is 0 Å². The fraction of sp³-hybridized carbons (Fsp3) is 0.688. The van der Waals surface area contributed by atoms with Crippen LogP contribution in [-0.4, -0.2) is 37.1 Å². The average Bonchev–Trinajstić information content (AvgIpc) is 3.11. The van der Waals surface area contributed by atoms with Gasteiger partial charge >= 0.3 is 6.03 Å². The van der Waals surface area contributed by atoms with Gasteiger partial charge in [0.2, 0.25) is 0 Å². The van der Waals surface area contributed by atoms with Crippen molar-refractivity contribution >= 4 is 17.4 Å². The molecule has 1 aliphatic rings. The number of carbonyl (C=O) groups is 1. The maximum atomic E-state index is 11.9. The first kappa shape index (κ1) is 16.3. The van der Waals surface area contributed by atoms with Crippen molar-refractivity contribution in [2.45, 2.75) is 39.2 Å². The molecule has 4 nitrogen and oxygen atoms in total. The lowest BCUT2D eigenvalue weighted by atomic mass is 10.1. The van der Waals surface area contributed by atoms with Crippen molar-refractivity contribution in [3.63, 3.8) is 0 Å². The summed E-state index contributed by atoms with van der Waals surface area (Å²) < 4.78 is 0. The van der Waals surface area contributed by atoms with Crippen molar-refractivity contribution < 1.29 is 4.79 Å². The lowest BCUT2D eigenvalue weighted by molar-refractivity contribution is 0.222. The summed E-state index contributed by atoms with van der Waals surface area (Å²) in [6.07, 6.45) is 3.55. The first-order valence-electron chi connectivity index (χ1n) is 7.96. The molecule has 1 fully saturated rings. The van der Waals surface area contributed by atoms with Crippen molar-refractivity contribution in [1.82, 2.24) is 15.5 Å². The van der Waals surface area contributed by atoms with E-state index in [1.54, 1.807) is 11.3 Å². The van der Waals surface area contributed by atoms with Crippen molar-refractivity contribution in [3.05, 3.63) is 22.4 Å². The Labute approximate surface area is 131 Å². The molecular weight excluding hydrogens is 282 g/mol. The van der Waals surface area contributed by atoms with E-state index in [1.807, 2.05) is 0 Å². The highest BCUT2D eigenvalue weighted by Gasteiger charge is 2.24. The molecule has 0 bridgehead atoms. The molecule has 0 saturated carbocycles. The van der Waals surface area contributed by atoms with E-state index in [2.05, 4.69) is 46.9 Å². The third kappa shape index (κ3) is 5.32. The predicted octanol–water partition coefficient (Wildman–Crippen LogP) is 3.23. The van der Waals surface area contributed by atoms with E-state index in [-0.39, 0.29) is 6.03 Å². The van der Waals surface area contributed by atoms with E-state index >= 15 is 0 Å². The van der Waals surface area contributed by atoms with Gasteiger partial charge in [0.1, 0.15) is 0 Å². The first-order chi connectivity index (χ1) is 10.2. The largest absolute Gasteiger partial charge is 0.338 e. The second kappa shape index (κ2) is 8.39. The summed E-state index contributed by atoms with van der Waals surface area (Å²) in [5, 5.41) is 8.09. The highest BCUT2D eigenvalue weighted by molar-refractivity contribution is 7.10. The number of likely N-dealkylation sites (tertiary alicyclic amines) is 1. The molecule has 0 radical (unpaired) electrons. The maximum Gasteiger partial charge on any atom is 0.314 e. The molecule has 0 aromatic carbocycles. The number of carbonyl (C=O) groups excluding carboxylic acids is 1. The van der Waals surface area contributed by atoms with E-state index in [1.165, 1.54) is 17.7 Å². The summed E-state index contributed by atoms with van der Waals surface area (Å²) in [4.78, 5) is 15.7. The Kier molecular flexibility index (Phi) is 6.51. The third-order valence-electron chi connectivity index (χ3n) is 3.92. The van der Waals surface area contributed by atoms with Gasteiger partial charge < -0.3 is 10.6 Å². The lowest BCUT2D eigenvalue weighted by Crippen LogP contribution is -2.41. The minimum atomic E-state index is -0.0450. The second-order valence-electron chi connectivity index (χ2n) is 6.09. The Balaban J connectivity index is 1.80. The average molecular weight is 309 g/mol. The monoisotopic (exact) mass is 309 g/mol. The number of urea groups is 1. The molecule has 2 heterocycles. The summed E-state index contributed by atoms with van der Waals surface area (Å²) in [5.41, 5.74) is 0. The van der Waals surface area contributed by atoms with Gasteiger partial charge in [-0.25, -0.2) is 4.79 Å². The molecule has 2 amide bonds. The first-order valence-corrected chi connectivity index (χ1v) is 8.84. The zero-order valence-electron chi connectivity index (χ0n) is 13.1. The number of hydrogen-bond donors (Lipinski definition) is 2. The van der Waals surface area contributed by atoms with E-state index < -0.39 is 0 Å². The molecular formula is C16H27N3OS. The second-order valence-corrected chi connectivity index (χ2v) is 7.07. The fourth-order valence-electron chi connectivity index (χ4n) is 2.67. The molecule has 2 N–H and O–H groups in total. The molecule has 1 atom stereocenters. The summed E-state index contributed by atoms with van der Waals surface area (Å²) in [7, 11) is 0. The quantitative estimate of drug-likeness (QED) is 0.812. The Hall–Kier alpha value is -1.07. The van der Waals surface area contributed by atoms with Crippen LogP contribution in [0.15, 0.2) is 17.5 Å². The van der Waals surface area contributed by atoms with E-state index in [0.29, 0.717) is 18.5 Å².